The molecule has 0 saturated heterocycles. The Hall–Kier alpha value is -1.50. The molecule has 0 aliphatic heterocycles. The van der Waals surface area contributed by atoms with E-state index in [2.05, 4.69) is 20.7 Å². The molecule has 1 aromatic carbocycles. The van der Waals surface area contributed by atoms with Gasteiger partial charge < -0.3 is 4.74 Å². The van der Waals surface area contributed by atoms with Crippen LogP contribution in [0.4, 0.5) is 10.1 Å². The molecule has 0 saturated carbocycles. The van der Waals surface area contributed by atoms with Gasteiger partial charge in [-0.3, -0.25) is 14.9 Å². The summed E-state index contributed by atoms with van der Waals surface area (Å²) in [6.45, 7) is 1.14. The van der Waals surface area contributed by atoms with Crippen LogP contribution in [0.2, 0.25) is 0 Å². The number of halogens is 2. The summed E-state index contributed by atoms with van der Waals surface area (Å²) in [5.41, 5.74) is -0.741. The number of carbonyl (C=O) groups is 1. The van der Waals surface area contributed by atoms with Gasteiger partial charge in [0.2, 0.25) is 5.82 Å². The first kappa shape index (κ1) is 11.6. The van der Waals surface area contributed by atoms with E-state index in [1.54, 1.807) is 0 Å². The van der Waals surface area contributed by atoms with Gasteiger partial charge in [0, 0.05) is 6.92 Å². The van der Waals surface area contributed by atoms with Crippen molar-refractivity contribution in [1.82, 2.24) is 0 Å². The summed E-state index contributed by atoms with van der Waals surface area (Å²) in [5.74, 6) is -1.73. The number of nitro benzene ring substituents is 1. The Kier molecular flexibility index (Phi) is 3.35. The number of hydrogen-bond donors (Lipinski definition) is 0. The van der Waals surface area contributed by atoms with Gasteiger partial charge in [-0.2, -0.15) is 4.39 Å². The number of nitrogens with zero attached hydrogens (tertiary/aromatic N) is 1. The molecule has 0 spiro atoms. The van der Waals surface area contributed by atoms with Crippen LogP contribution < -0.4 is 4.74 Å². The lowest BCUT2D eigenvalue weighted by molar-refractivity contribution is -0.387. The van der Waals surface area contributed by atoms with Crippen molar-refractivity contribution in [3.8, 4) is 5.75 Å². The SMILES string of the molecule is CC(=O)Oc1cc([N+](=O)[O-])c(F)cc1Br. The van der Waals surface area contributed by atoms with Gasteiger partial charge in [0.05, 0.1) is 15.5 Å². The number of esters is 1. The minimum atomic E-state index is -0.997. The van der Waals surface area contributed by atoms with Gasteiger partial charge in [-0.05, 0) is 22.0 Å². The van der Waals surface area contributed by atoms with E-state index in [-0.39, 0.29) is 10.2 Å². The van der Waals surface area contributed by atoms with Crippen LogP contribution >= 0.6 is 15.9 Å². The summed E-state index contributed by atoms with van der Waals surface area (Å²) >= 11 is 2.92. The van der Waals surface area contributed by atoms with Crippen LogP contribution in [-0.4, -0.2) is 10.9 Å². The standard InChI is InChI=1S/C8H5BrFNO4/c1-4(12)15-8-3-7(11(13)14)6(10)2-5(8)9/h2-3H,1H3. The lowest BCUT2D eigenvalue weighted by Gasteiger charge is -2.03. The molecule has 0 radical (unpaired) electrons. The van der Waals surface area contributed by atoms with Crippen molar-refractivity contribution in [2.24, 2.45) is 0 Å². The second kappa shape index (κ2) is 4.35. The van der Waals surface area contributed by atoms with E-state index in [1.165, 1.54) is 0 Å². The first-order valence-electron chi connectivity index (χ1n) is 3.73. The van der Waals surface area contributed by atoms with Gasteiger partial charge in [0.1, 0.15) is 0 Å². The van der Waals surface area contributed by atoms with E-state index < -0.39 is 22.4 Å². The van der Waals surface area contributed by atoms with Gasteiger partial charge in [0.25, 0.3) is 0 Å². The van der Waals surface area contributed by atoms with Crippen molar-refractivity contribution in [2.75, 3.05) is 0 Å². The molecule has 7 heteroatoms. The molecule has 0 unspecified atom stereocenters. The molecular formula is C8H5BrFNO4. The lowest BCUT2D eigenvalue weighted by atomic mass is 10.3. The summed E-state index contributed by atoms with van der Waals surface area (Å²) in [7, 11) is 0. The van der Waals surface area contributed by atoms with Gasteiger partial charge in [-0.1, -0.05) is 0 Å². The fourth-order valence-electron chi connectivity index (χ4n) is 0.891. The lowest BCUT2D eigenvalue weighted by Crippen LogP contribution is -2.03. The van der Waals surface area contributed by atoms with E-state index in [0.29, 0.717) is 0 Å². The van der Waals surface area contributed by atoms with E-state index in [4.69, 9.17) is 0 Å². The van der Waals surface area contributed by atoms with E-state index in [0.717, 1.165) is 19.1 Å². The van der Waals surface area contributed by atoms with Gasteiger partial charge in [-0.25, -0.2) is 0 Å². The molecular weight excluding hydrogens is 273 g/mol. The minimum Gasteiger partial charge on any atom is -0.425 e. The largest absolute Gasteiger partial charge is 0.425 e. The Balaban J connectivity index is 3.23. The molecule has 0 aliphatic rings. The number of rotatable bonds is 2. The minimum absolute atomic E-state index is 0.0874. The second-order valence-corrected chi connectivity index (χ2v) is 3.44. The van der Waals surface area contributed by atoms with Crippen molar-refractivity contribution in [3.63, 3.8) is 0 Å². The highest BCUT2D eigenvalue weighted by Gasteiger charge is 2.18. The summed E-state index contributed by atoms with van der Waals surface area (Å²) < 4.78 is 17.8. The Morgan fingerprint density at radius 2 is 2.20 bits per heavy atom. The molecule has 1 aromatic rings. The summed E-state index contributed by atoms with van der Waals surface area (Å²) in [4.78, 5) is 20.1. The first-order chi connectivity index (χ1) is 6.91. The number of hydrogen-bond acceptors (Lipinski definition) is 4. The second-order valence-electron chi connectivity index (χ2n) is 2.58. The molecule has 0 bridgehead atoms. The normalized spacial score (nSPS) is 9.80. The van der Waals surface area contributed by atoms with Crippen LogP contribution in [0.5, 0.6) is 5.75 Å². The molecule has 80 valence electrons. The molecule has 0 aromatic heterocycles. The quantitative estimate of drug-likeness (QED) is 0.360. The Morgan fingerprint density at radius 1 is 1.60 bits per heavy atom. The van der Waals surface area contributed by atoms with Gasteiger partial charge >= 0.3 is 11.7 Å². The summed E-state index contributed by atoms with van der Waals surface area (Å²) in [6, 6.07) is 1.72. The predicted octanol–water partition coefficient (Wildman–Crippen LogP) is 2.42. The number of ether oxygens (including phenoxy) is 1. The highest BCUT2D eigenvalue weighted by Crippen LogP contribution is 2.31. The van der Waals surface area contributed by atoms with Crippen molar-refractivity contribution in [1.29, 1.82) is 0 Å². The Labute approximate surface area is 92.1 Å². The van der Waals surface area contributed by atoms with Crippen molar-refractivity contribution >= 4 is 27.6 Å². The average molecular weight is 278 g/mol. The Bertz CT molecular complexity index is 435. The van der Waals surface area contributed by atoms with Gasteiger partial charge in [0.15, 0.2) is 5.75 Å². The zero-order valence-electron chi connectivity index (χ0n) is 7.49. The molecule has 0 N–H and O–H groups in total. The maximum absolute atomic E-state index is 13.0. The zero-order valence-corrected chi connectivity index (χ0v) is 9.08. The van der Waals surface area contributed by atoms with Crippen molar-refractivity contribution in [3.05, 3.63) is 32.5 Å². The van der Waals surface area contributed by atoms with Crippen LogP contribution in [0.1, 0.15) is 6.92 Å². The third kappa shape index (κ3) is 2.72. The average Bonchev–Trinajstić information content (AvgIpc) is 2.08. The molecule has 5 nitrogen and oxygen atoms in total. The van der Waals surface area contributed by atoms with Gasteiger partial charge in [-0.15, -0.1) is 0 Å². The topological polar surface area (TPSA) is 69.4 Å². The molecule has 0 atom stereocenters. The highest BCUT2D eigenvalue weighted by molar-refractivity contribution is 9.10. The highest BCUT2D eigenvalue weighted by atomic mass is 79.9. The molecule has 1 rings (SSSR count). The van der Waals surface area contributed by atoms with Crippen LogP contribution in [0.3, 0.4) is 0 Å². The molecule has 0 aliphatic carbocycles. The molecule has 15 heavy (non-hydrogen) atoms. The third-order valence-corrected chi connectivity index (χ3v) is 2.07. The molecule has 0 amide bonds. The summed E-state index contributed by atoms with van der Waals surface area (Å²) in [6.07, 6.45) is 0. The zero-order chi connectivity index (χ0) is 11.6. The Morgan fingerprint density at radius 3 is 2.67 bits per heavy atom. The van der Waals surface area contributed by atoms with Crippen LogP contribution in [-0.2, 0) is 4.79 Å². The van der Waals surface area contributed by atoms with Crippen molar-refractivity contribution in [2.45, 2.75) is 6.92 Å². The molecule has 0 fully saturated rings. The third-order valence-electron chi connectivity index (χ3n) is 1.45. The van der Waals surface area contributed by atoms with Crippen LogP contribution in [0.25, 0.3) is 0 Å². The van der Waals surface area contributed by atoms with E-state index in [9.17, 15) is 19.3 Å². The fraction of sp³-hybridized carbons (Fsp3) is 0.125. The fourth-order valence-corrected chi connectivity index (χ4v) is 1.29. The number of carbonyl (C=O) groups excluding carboxylic acids is 1. The van der Waals surface area contributed by atoms with Crippen molar-refractivity contribution < 1.29 is 18.8 Å². The first-order valence-corrected chi connectivity index (χ1v) is 4.53. The molecule has 0 heterocycles. The number of benzene rings is 1. The maximum Gasteiger partial charge on any atom is 0.308 e. The van der Waals surface area contributed by atoms with E-state index in [1.807, 2.05) is 0 Å². The van der Waals surface area contributed by atoms with Crippen LogP contribution in [0, 0.1) is 15.9 Å². The summed E-state index contributed by atoms with van der Waals surface area (Å²) in [5, 5.41) is 10.4. The smallest absolute Gasteiger partial charge is 0.308 e. The monoisotopic (exact) mass is 277 g/mol. The predicted molar refractivity (Wildman–Crippen MR) is 52.1 cm³/mol. The van der Waals surface area contributed by atoms with E-state index >= 15 is 0 Å². The van der Waals surface area contributed by atoms with Crippen LogP contribution in [0.15, 0.2) is 16.6 Å². The maximum atomic E-state index is 13.0. The number of nitro groups is 1.